The second kappa shape index (κ2) is 5.39. The van der Waals surface area contributed by atoms with E-state index in [1.807, 2.05) is 48.5 Å². The third kappa shape index (κ3) is 2.22. The molecule has 22 heavy (non-hydrogen) atoms. The monoisotopic (exact) mass is 349 g/mol. The number of fused-ring (bicyclic) bond motifs is 1. The molecule has 2 heterocycles. The summed E-state index contributed by atoms with van der Waals surface area (Å²) in [6.45, 7) is 0. The fraction of sp³-hybridized carbons (Fsp3) is 0. The first-order valence-corrected chi connectivity index (χ1v) is 7.77. The van der Waals surface area contributed by atoms with Gasteiger partial charge in [-0.15, -0.1) is 0 Å². The maximum Gasteiger partial charge on any atom is 0.164 e. The highest BCUT2D eigenvalue weighted by Crippen LogP contribution is 2.27. The highest BCUT2D eigenvalue weighted by atomic mass is 79.9. The molecule has 4 heteroatoms. The number of rotatable bonds is 2. The van der Waals surface area contributed by atoms with E-state index in [0.29, 0.717) is 0 Å². The van der Waals surface area contributed by atoms with Gasteiger partial charge in [0.2, 0.25) is 0 Å². The number of para-hydroxylation sites is 2. The maximum absolute atomic E-state index is 4.77. The standard InChI is InChI=1S/C18H12BrN3/c19-13-8-10-14(11-9-13)22-17-7-2-1-5-15(17)21-18(22)16-6-3-4-12-20-16/h1-12H. The number of imidazole rings is 1. The lowest BCUT2D eigenvalue weighted by molar-refractivity contribution is 1.08. The molecule has 0 N–H and O–H groups in total. The summed E-state index contributed by atoms with van der Waals surface area (Å²) in [5.41, 5.74) is 3.97. The van der Waals surface area contributed by atoms with Gasteiger partial charge in [-0.2, -0.15) is 0 Å². The molecule has 0 fully saturated rings. The van der Waals surface area contributed by atoms with Crippen LogP contribution in [0.15, 0.2) is 77.4 Å². The quantitative estimate of drug-likeness (QED) is 0.517. The summed E-state index contributed by atoms with van der Waals surface area (Å²) in [5.74, 6) is 0.851. The molecule has 0 spiro atoms. The molecule has 0 aliphatic heterocycles. The van der Waals surface area contributed by atoms with Crippen molar-refractivity contribution in [2.24, 2.45) is 0 Å². The highest BCUT2D eigenvalue weighted by molar-refractivity contribution is 9.10. The lowest BCUT2D eigenvalue weighted by Crippen LogP contribution is -1.98. The molecule has 2 aromatic heterocycles. The minimum absolute atomic E-state index is 0.851. The van der Waals surface area contributed by atoms with E-state index in [1.165, 1.54) is 0 Å². The highest BCUT2D eigenvalue weighted by Gasteiger charge is 2.14. The Hall–Kier alpha value is -2.46. The Morgan fingerprint density at radius 2 is 1.59 bits per heavy atom. The molecule has 0 aliphatic carbocycles. The molecule has 2 aromatic carbocycles. The zero-order valence-electron chi connectivity index (χ0n) is 11.6. The first kappa shape index (κ1) is 13.2. The molecule has 0 aliphatic rings. The molecule has 0 saturated heterocycles. The van der Waals surface area contributed by atoms with Crippen molar-refractivity contribution in [2.45, 2.75) is 0 Å². The van der Waals surface area contributed by atoms with Crippen molar-refractivity contribution < 1.29 is 0 Å². The molecular weight excluding hydrogens is 338 g/mol. The lowest BCUT2D eigenvalue weighted by Gasteiger charge is -2.09. The summed E-state index contributed by atoms with van der Waals surface area (Å²) in [4.78, 5) is 9.23. The number of pyridine rings is 1. The van der Waals surface area contributed by atoms with E-state index in [1.54, 1.807) is 6.20 Å². The molecule has 0 bridgehead atoms. The third-order valence-electron chi connectivity index (χ3n) is 3.54. The minimum atomic E-state index is 0.851. The van der Waals surface area contributed by atoms with Crippen molar-refractivity contribution >= 4 is 27.0 Å². The van der Waals surface area contributed by atoms with Gasteiger partial charge in [0.15, 0.2) is 5.82 Å². The molecule has 0 radical (unpaired) electrons. The van der Waals surface area contributed by atoms with Gasteiger partial charge in [0.25, 0.3) is 0 Å². The van der Waals surface area contributed by atoms with E-state index < -0.39 is 0 Å². The smallest absolute Gasteiger partial charge is 0.164 e. The van der Waals surface area contributed by atoms with Gasteiger partial charge in [-0.05, 0) is 48.5 Å². The van der Waals surface area contributed by atoms with Gasteiger partial charge >= 0.3 is 0 Å². The average molecular weight is 350 g/mol. The van der Waals surface area contributed by atoms with Gasteiger partial charge in [0.05, 0.1) is 11.0 Å². The van der Waals surface area contributed by atoms with Crippen LogP contribution in [0.2, 0.25) is 0 Å². The van der Waals surface area contributed by atoms with Crippen LogP contribution in [0.4, 0.5) is 0 Å². The molecule has 4 rings (SSSR count). The van der Waals surface area contributed by atoms with Crippen LogP contribution in [0.1, 0.15) is 0 Å². The van der Waals surface area contributed by atoms with Gasteiger partial charge in [-0.3, -0.25) is 9.55 Å². The van der Waals surface area contributed by atoms with Crippen LogP contribution >= 0.6 is 15.9 Å². The zero-order valence-corrected chi connectivity index (χ0v) is 13.2. The summed E-state index contributed by atoms with van der Waals surface area (Å²) >= 11 is 3.48. The normalized spacial score (nSPS) is 11.0. The second-order valence-corrected chi connectivity index (χ2v) is 5.87. The van der Waals surface area contributed by atoms with E-state index in [9.17, 15) is 0 Å². The third-order valence-corrected chi connectivity index (χ3v) is 4.07. The van der Waals surface area contributed by atoms with Crippen LogP contribution < -0.4 is 0 Å². The van der Waals surface area contributed by atoms with Gasteiger partial charge < -0.3 is 0 Å². The summed E-state index contributed by atoms with van der Waals surface area (Å²) in [5, 5.41) is 0. The summed E-state index contributed by atoms with van der Waals surface area (Å²) < 4.78 is 3.20. The molecule has 0 unspecified atom stereocenters. The predicted octanol–water partition coefficient (Wildman–Crippen LogP) is 4.85. The number of hydrogen-bond acceptors (Lipinski definition) is 2. The van der Waals surface area contributed by atoms with Crippen LogP contribution in [0.25, 0.3) is 28.2 Å². The summed E-state index contributed by atoms with van der Waals surface area (Å²) in [6, 6.07) is 22.2. The number of halogens is 1. The second-order valence-electron chi connectivity index (χ2n) is 4.95. The van der Waals surface area contributed by atoms with Crippen molar-refractivity contribution in [3.8, 4) is 17.2 Å². The Kier molecular flexibility index (Phi) is 3.24. The van der Waals surface area contributed by atoms with E-state index in [4.69, 9.17) is 4.98 Å². The molecule has 0 saturated carbocycles. The number of hydrogen-bond donors (Lipinski definition) is 0. The topological polar surface area (TPSA) is 30.7 Å². The van der Waals surface area contributed by atoms with Crippen LogP contribution in [-0.2, 0) is 0 Å². The first-order chi connectivity index (χ1) is 10.8. The number of benzene rings is 2. The lowest BCUT2D eigenvalue weighted by atomic mass is 10.2. The Labute approximate surface area is 136 Å². The number of nitrogens with zero attached hydrogens (tertiary/aromatic N) is 3. The van der Waals surface area contributed by atoms with E-state index in [2.05, 4.69) is 43.7 Å². The minimum Gasteiger partial charge on any atom is -0.291 e. The van der Waals surface area contributed by atoms with Crippen molar-refractivity contribution in [1.82, 2.24) is 14.5 Å². The molecular formula is C18H12BrN3. The van der Waals surface area contributed by atoms with Crippen LogP contribution in [-0.4, -0.2) is 14.5 Å². The van der Waals surface area contributed by atoms with E-state index in [0.717, 1.165) is 32.7 Å². The van der Waals surface area contributed by atoms with Crippen molar-refractivity contribution in [3.63, 3.8) is 0 Å². The van der Waals surface area contributed by atoms with Gasteiger partial charge in [0, 0.05) is 16.4 Å². The van der Waals surface area contributed by atoms with Crippen molar-refractivity contribution in [2.75, 3.05) is 0 Å². The van der Waals surface area contributed by atoms with E-state index >= 15 is 0 Å². The molecule has 3 nitrogen and oxygen atoms in total. The Morgan fingerprint density at radius 1 is 0.818 bits per heavy atom. The van der Waals surface area contributed by atoms with Crippen molar-refractivity contribution in [1.29, 1.82) is 0 Å². The molecule has 0 atom stereocenters. The summed E-state index contributed by atoms with van der Waals surface area (Å²) in [7, 11) is 0. The average Bonchev–Trinajstić information content (AvgIpc) is 2.96. The molecule has 4 aromatic rings. The maximum atomic E-state index is 4.77. The zero-order chi connectivity index (χ0) is 14.9. The van der Waals surface area contributed by atoms with Crippen LogP contribution in [0.3, 0.4) is 0 Å². The van der Waals surface area contributed by atoms with Gasteiger partial charge in [-0.25, -0.2) is 4.98 Å². The van der Waals surface area contributed by atoms with Gasteiger partial charge in [0.1, 0.15) is 5.69 Å². The fourth-order valence-corrected chi connectivity index (χ4v) is 2.81. The largest absolute Gasteiger partial charge is 0.291 e. The van der Waals surface area contributed by atoms with Crippen LogP contribution in [0, 0.1) is 0 Å². The Balaban J connectivity index is 2.04. The van der Waals surface area contributed by atoms with E-state index in [-0.39, 0.29) is 0 Å². The Bertz CT molecular complexity index is 928. The predicted molar refractivity (Wildman–Crippen MR) is 92.0 cm³/mol. The number of aromatic nitrogens is 3. The Morgan fingerprint density at radius 3 is 2.36 bits per heavy atom. The SMILES string of the molecule is Brc1ccc(-n2c(-c3ccccn3)nc3ccccc32)cc1. The van der Waals surface area contributed by atoms with Crippen LogP contribution in [0.5, 0.6) is 0 Å². The molecule has 0 amide bonds. The first-order valence-electron chi connectivity index (χ1n) is 6.98. The molecule has 106 valence electrons. The van der Waals surface area contributed by atoms with Gasteiger partial charge in [-0.1, -0.05) is 34.1 Å². The fourth-order valence-electron chi connectivity index (χ4n) is 2.54. The van der Waals surface area contributed by atoms with Crippen molar-refractivity contribution in [3.05, 3.63) is 77.4 Å². The summed E-state index contributed by atoms with van der Waals surface area (Å²) in [6.07, 6.45) is 1.79.